The summed E-state index contributed by atoms with van der Waals surface area (Å²) in [5, 5.41) is 2.79. The van der Waals surface area contributed by atoms with Gasteiger partial charge in [-0.1, -0.05) is 90.3 Å². The summed E-state index contributed by atoms with van der Waals surface area (Å²) in [7, 11) is 9.87. The molecule has 3 aromatic rings. The van der Waals surface area contributed by atoms with Crippen LogP contribution in [-0.2, 0) is 26.3 Å². The molecule has 3 heteroatoms. The van der Waals surface area contributed by atoms with Crippen molar-refractivity contribution in [2.75, 3.05) is 0 Å². The Labute approximate surface area is 196 Å². The summed E-state index contributed by atoms with van der Waals surface area (Å²) in [5.41, 5.74) is 7.31. The first-order chi connectivity index (χ1) is 13.6. The Morgan fingerprint density at radius 1 is 1.00 bits per heavy atom. The molecule has 0 aliphatic rings. The molecular formula is C26H33Cl2Zr-. The van der Waals surface area contributed by atoms with Crippen LogP contribution in [0.4, 0.5) is 0 Å². The number of rotatable bonds is 4. The Morgan fingerprint density at radius 3 is 2.17 bits per heavy atom. The van der Waals surface area contributed by atoms with Gasteiger partial charge in [0.25, 0.3) is 0 Å². The van der Waals surface area contributed by atoms with Gasteiger partial charge in [0.2, 0.25) is 0 Å². The average Bonchev–Trinajstić information content (AvgIpc) is 3.10. The summed E-state index contributed by atoms with van der Waals surface area (Å²) in [4.78, 5) is 0. The number of halogens is 2. The van der Waals surface area contributed by atoms with Crippen LogP contribution in [0.25, 0.3) is 21.9 Å². The van der Waals surface area contributed by atoms with Crippen LogP contribution >= 0.6 is 17.0 Å². The van der Waals surface area contributed by atoms with E-state index in [0.717, 1.165) is 0 Å². The monoisotopic (exact) mass is 505 g/mol. The molecule has 1 atom stereocenters. The van der Waals surface area contributed by atoms with Gasteiger partial charge in [-0.15, -0.1) is 34.5 Å². The molecule has 0 aliphatic heterocycles. The van der Waals surface area contributed by atoms with Gasteiger partial charge >= 0.3 is 37.9 Å². The predicted octanol–water partition coefficient (Wildman–Crippen LogP) is 9.54. The summed E-state index contributed by atoms with van der Waals surface area (Å²) in [6.07, 6.45) is 1.18. The quantitative estimate of drug-likeness (QED) is 0.308. The summed E-state index contributed by atoms with van der Waals surface area (Å²) in [5.74, 6) is 1.12. The zero-order valence-corrected chi connectivity index (χ0v) is 22.7. The molecule has 0 saturated heterocycles. The van der Waals surface area contributed by atoms with E-state index in [0.29, 0.717) is 11.8 Å². The fourth-order valence-corrected chi connectivity index (χ4v) is 3.97. The van der Waals surface area contributed by atoms with Gasteiger partial charge in [-0.3, -0.25) is 0 Å². The van der Waals surface area contributed by atoms with E-state index >= 15 is 0 Å². The fraction of sp³-hybridized carbons (Fsp3) is 0.423. The summed E-state index contributed by atoms with van der Waals surface area (Å²) < 4.78 is 0. The van der Waals surface area contributed by atoms with Crippen LogP contribution < -0.4 is 0 Å². The third kappa shape index (κ3) is 5.81. The number of hydrogen-bond donors (Lipinski definition) is 0. The van der Waals surface area contributed by atoms with Crippen molar-refractivity contribution in [3.63, 3.8) is 0 Å². The van der Waals surface area contributed by atoms with Crippen molar-refractivity contribution in [3.8, 4) is 11.1 Å². The summed E-state index contributed by atoms with van der Waals surface area (Å²) >= 11 is -0.826. The van der Waals surface area contributed by atoms with Crippen LogP contribution in [0, 0.1) is 0 Å². The molecule has 0 spiro atoms. The van der Waals surface area contributed by atoms with Crippen LogP contribution in [0.3, 0.4) is 0 Å². The maximum atomic E-state index is 4.93. The molecule has 0 bridgehead atoms. The zero-order chi connectivity index (χ0) is 21.8. The zero-order valence-electron chi connectivity index (χ0n) is 18.7. The van der Waals surface area contributed by atoms with Crippen molar-refractivity contribution in [3.05, 3.63) is 65.2 Å². The SMILES string of the molecule is CCC(C)c1cc2c(-c3ccccc3C(C)C)c(C(C)(C)C)ccc2[cH-]1.[Cl][Zr][Cl]. The molecule has 29 heavy (non-hydrogen) atoms. The molecule has 0 amide bonds. The van der Waals surface area contributed by atoms with Crippen LogP contribution in [-0.4, -0.2) is 0 Å². The van der Waals surface area contributed by atoms with Gasteiger partial charge in [-0.25, -0.2) is 0 Å². The van der Waals surface area contributed by atoms with Crippen molar-refractivity contribution >= 4 is 27.8 Å². The second-order valence-electron chi connectivity index (χ2n) is 9.15. The van der Waals surface area contributed by atoms with E-state index in [1.807, 2.05) is 0 Å². The van der Waals surface area contributed by atoms with Gasteiger partial charge in [0, 0.05) is 0 Å². The molecule has 3 rings (SSSR count). The number of benzene rings is 2. The van der Waals surface area contributed by atoms with Crippen LogP contribution in [0.5, 0.6) is 0 Å². The minimum absolute atomic E-state index is 0.113. The Balaban J connectivity index is 0.000000941. The van der Waals surface area contributed by atoms with Gasteiger partial charge in [-0.05, 0) is 28.4 Å². The van der Waals surface area contributed by atoms with E-state index in [1.54, 1.807) is 0 Å². The van der Waals surface area contributed by atoms with Crippen LogP contribution in [0.15, 0.2) is 48.5 Å². The topological polar surface area (TPSA) is 0 Å². The standard InChI is InChI=1S/C26H33.2ClH.Zr/c1-8-18(4)20-15-19-13-14-24(26(5,6)7)25(23(19)16-20)22-12-10-9-11-21(22)17(2)3;;;/h9-18H,8H2,1-7H3;2*1H;/q-1;;;+2/p-2. The first-order valence-electron chi connectivity index (χ1n) is 10.4. The molecule has 156 valence electrons. The summed E-state index contributed by atoms with van der Waals surface area (Å²) in [6.45, 7) is 16.2. The van der Waals surface area contributed by atoms with Crippen molar-refractivity contribution < 1.29 is 20.8 Å². The molecular weight excluding hydrogens is 474 g/mol. The van der Waals surface area contributed by atoms with E-state index < -0.39 is 20.8 Å². The number of fused-ring (bicyclic) bond motifs is 1. The van der Waals surface area contributed by atoms with E-state index in [-0.39, 0.29) is 5.41 Å². The normalized spacial score (nSPS) is 12.6. The molecule has 0 N–H and O–H groups in total. The second kappa shape index (κ2) is 10.7. The van der Waals surface area contributed by atoms with Crippen LogP contribution in [0.2, 0.25) is 0 Å². The Bertz CT molecular complexity index is 932. The van der Waals surface area contributed by atoms with E-state index in [9.17, 15) is 0 Å². The van der Waals surface area contributed by atoms with Gasteiger partial charge in [0.05, 0.1) is 0 Å². The average molecular weight is 508 g/mol. The molecule has 0 aliphatic carbocycles. The molecule has 0 saturated carbocycles. The van der Waals surface area contributed by atoms with Gasteiger partial charge < -0.3 is 0 Å². The molecule has 3 aromatic carbocycles. The van der Waals surface area contributed by atoms with Gasteiger partial charge in [0.15, 0.2) is 0 Å². The Hall–Kier alpha value is -0.487. The van der Waals surface area contributed by atoms with E-state index in [1.165, 1.54) is 45.0 Å². The van der Waals surface area contributed by atoms with E-state index in [2.05, 4.69) is 97.0 Å². The fourth-order valence-electron chi connectivity index (χ4n) is 3.97. The molecule has 0 aromatic heterocycles. The van der Waals surface area contributed by atoms with Crippen molar-refractivity contribution in [1.29, 1.82) is 0 Å². The molecule has 0 nitrogen and oxygen atoms in total. The third-order valence-corrected chi connectivity index (χ3v) is 5.75. The third-order valence-electron chi connectivity index (χ3n) is 5.75. The maximum absolute atomic E-state index is 4.93. The van der Waals surface area contributed by atoms with E-state index in [4.69, 9.17) is 17.0 Å². The first kappa shape index (κ1) is 24.8. The van der Waals surface area contributed by atoms with Gasteiger partial charge in [-0.2, -0.15) is 6.07 Å². The minimum atomic E-state index is -0.826. The molecule has 0 heterocycles. The van der Waals surface area contributed by atoms with Crippen LogP contribution in [0.1, 0.15) is 83.4 Å². The second-order valence-corrected chi connectivity index (χ2v) is 12.9. The molecule has 1 unspecified atom stereocenters. The Kier molecular flexibility index (Phi) is 9.14. The molecule has 0 radical (unpaired) electrons. The van der Waals surface area contributed by atoms with Gasteiger partial charge in [0.1, 0.15) is 0 Å². The predicted molar refractivity (Wildman–Crippen MR) is 128 cm³/mol. The van der Waals surface area contributed by atoms with Crippen molar-refractivity contribution in [2.24, 2.45) is 0 Å². The number of hydrogen-bond acceptors (Lipinski definition) is 0. The van der Waals surface area contributed by atoms with Crippen molar-refractivity contribution in [1.82, 2.24) is 0 Å². The Morgan fingerprint density at radius 2 is 1.62 bits per heavy atom. The summed E-state index contributed by atoms with van der Waals surface area (Å²) in [6, 6.07) is 18.5. The van der Waals surface area contributed by atoms with Crippen molar-refractivity contribution in [2.45, 2.75) is 72.1 Å². The molecule has 0 fully saturated rings. The first-order valence-corrected chi connectivity index (χ1v) is 16.8.